The lowest BCUT2D eigenvalue weighted by atomic mass is 9.86. The molecule has 1 radical (unpaired) electrons. The molecule has 1 saturated carbocycles. The van der Waals surface area contributed by atoms with Crippen LogP contribution in [0.3, 0.4) is 0 Å². The SMILES string of the molecule is [CH2]C(CC)C1CCCCCC1. The van der Waals surface area contributed by atoms with Crippen LogP contribution >= 0.6 is 0 Å². The van der Waals surface area contributed by atoms with E-state index in [1.165, 1.54) is 44.9 Å². The highest BCUT2D eigenvalue weighted by atomic mass is 14.2. The summed E-state index contributed by atoms with van der Waals surface area (Å²) in [5.41, 5.74) is 0. The second-order valence-electron chi connectivity index (χ2n) is 3.92. The third kappa shape index (κ3) is 2.84. The molecule has 1 atom stereocenters. The van der Waals surface area contributed by atoms with Gasteiger partial charge in [0.05, 0.1) is 0 Å². The van der Waals surface area contributed by atoms with E-state index < -0.39 is 0 Å². The standard InChI is InChI=1S/C11H21/c1-3-10(2)11-8-6-4-5-7-9-11/h10-11H,2-9H2,1H3. The molecular weight excluding hydrogens is 132 g/mol. The summed E-state index contributed by atoms with van der Waals surface area (Å²) in [5.74, 6) is 1.68. The first-order valence-corrected chi connectivity index (χ1v) is 5.17. The molecule has 0 amide bonds. The molecule has 0 nitrogen and oxygen atoms in total. The lowest BCUT2D eigenvalue weighted by Crippen LogP contribution is -2.09. The fourth-order valence-electron chi connectivity index (χ4n) is 2.12. The fourth-order valence-corrected chi connectivity index (χ4v) is 2.12. The zero-order chi connectivity index (χ0) is 8.10. The quantitative estimate of drug-likeness (QED) is 0.529. The lowest BCUT2D eigenvalue weighted by Gasteiger charge is -2.20. The minimum atomic E-state index is 0.730. The van der Waals surface area contributed by atoms with Crippen molar-refractivity contribution < 1.29 is 0 Å². The minimum absolute atomic E-state index is 0.730. The summed E-state index contributed by atoms with van der Waals surface area (Å²) in [5, 5.41) is 0. The Morgan fingerprint density at radius 1 is 1.18 bits per heavy atom. The zero-order valence-electron chi connectivity index (χ0n) is 7.81. The number of hydrogen-bond donors (Lipinski definition) is 0. The molecule has 1 aliphatic rings. The number of hydrogen-bond acceptors (Lipinski definition) is 0. The Morgan fingerprint density at radius 3 is 2.18 bits per heavy atom. The Balaban J connectivity index is 2.30. The van der Waals surface area contributed by atoms with E-state index >= 15 is 0 Å². The summed E-state index contributed by atoms with van der Waals surface area (Å²) in [7, 11) is 0. The van der Waals surface area contributed by atoms with Gasteiger partial charge in [-0.25, -0.2) is 0 Å². The van der Waals surface area contributed by atoms with Gasteiger partial charge in [0.2, 0.25) is 0 Å². The van der Waals surface area contributed by atoms with Crippen LogP contribution in [0, 0.1) is 18.8 Å². The Hall–Kier alpha value is 0. The van der Waals surface area contributed by atoms with Crippen molar-refractivity contribution in [3.63, 3.8) is 0 Å². The van der Waals surface area contributed by atoms with E-state index in [4.69, 9.17) is 0 Å². The van der Waals surface area contributed by atoms with E-state index in [0.717, 1.165) is 11.8 Å². The van der Waals surface area contributed by atoms with Gasteiger partial charge >= 0.3 is 0 Å². The van der Waals surface area contributed by atoms with Crippen LogP contribution in [0.1, 0.15) is 51.9 Å². The van der Waals surface area contributed by atoms with Gasteiger partial charge in [0.25, 0.3) is 0 Å². The van der Waals surface area contributed by atoms with Gasteiger partial charge in [0, 0.05) is 0 Å². The van der Waals surface area contributed by atoms with Gasteiger partial charge < -0.3 is 0 Å². The van der Waals surface area contributed by atoms with Gasteiger partial charge in [-0.3, -0.25) is 0 Å². The molecule has 1 rings (SSSR count). The van der Waals surface area contributed by atoms with E-state index in [9.17, 15) is 0 Å². The molecule has 0 aliphatic heterocycles. The summed E-state index contributed by atoms with van der Waals surface area (Å²) < 4.78 is 0. The van der Waals surface area contributed by atoms with Gasteiger partial charge in [-0.15, -0.1) is 0 Å². The molecule has 0 saturated heterocycles. The van der Waals surface area contributed by atoms with Crippen LogP contribution in [-0.2, 0) is 0 Å². The molecule has 0 aromatic rings. The van der Waals surface area contributed by atoms with E-state index in [1.807, 2.05) is 0 Å². The molecule has 0 bridgehead atoms. The monoisotopic (exact) mass is 153 g/mol. The van der Waals surface area contributed by atoms with Crippen molar-refractivity contribution in [3.8, 4) is 0 Å². The van der Waals surface area contributed by atoms with Crippen LogP contribution in [-0.4, -0.2) is 0 Å². The molecule has 1 fully saturated rings. The van der Waals surface area contributed by atoms with Crippen molar-refractivity contribution in [3.05, 3.63) is 6.92 Å². The molecule has 0 heteroatoms. The van der Waals surface area contributed by atoms with Crippen LogP contribution in [0.5, 0.6) is 0 Å². The first-order valence-electron chi connectivity index (χ1n) is 5.17. The molecule has 1 aliphatic carbocycles. The van der Waals surface area contributed by atoms with E-state index in [2.05, 4.69) is 13.8 Å². The average Bonchev–Trinajstić information content (AvgIpc) is 2.30. The Morgan fingerprint density at radius 2 is 1.73 bits per heavy atom. The second-order valence-corrected chi connectivity index (χ2v) is 3.92. The van der Waals surface area contributed by atoms with E-state index in [-0.39, 0.29) is 0 Å². The van der Waals surface area contributed by atoms with Gasteiger partial charge in [-0.05, 0) is 18.8 Å². The summed E-state index contributed by atoms with van der Waals surface area (Å²) in [6.07, 6.45) is 10.0. The summed E-state index contributed by atoms with van der Waals surface area (Å²) in [6, 6.07) is 0. The van der Waals surface area contributed by atoms with Gasteiger partial charge in [-0.1, -0.05) is 51.9 Å². The Bertz CT molecular complexity index is 88.2. The molecule has 1 unspecified atom stereocenters. The third-order valence-corrected chi connectivity index (χ3v) is 3.09. The zero-order valence-corrected chi connectivity index (χ0v) is 7.81. The maximum absolute atomic E-state index is 4.22. The lowest BCUT2D eigenvalue weighted by molar-refractivity contribution is 0.340. The number of rotatable bonds is 2. The molecule has 0 N–H and O–H groups in total. The summed E-state index contributed by atoms with van der Waals surface area (Å²) in [6.45, 7) is 6.49. The third-order valence-electron chi connectivity index (χ3n) is 3.09. The van der Waals surface area contributed by atoms with Crippen molar-refractivity contribution in [2.45, 2.75) is 51.9 Å². The highest BCUT2D eigenvalue weighted by Crippen LogP contribution is 2.29. The highest BCUT2D eigenvalue weighted by molar-refractivity contribution is 4.73. The van der Waals surface area contributed by atoms with Crippen molar-refractivity contribution >= 4 is 0 Å². The first-order chi connectivity index (χ1) is 5.34. The molecule has 0 heterocycles. The normalized spacial score (nSPS) is 24.5. The molecule has 0 spiro atoms. The van der Waals surface area contributed by atoms with E-state index in [1.54, 1.807) is 0 Å². The summed E-state index contributed by atoms with van der Waals surface area (Å²) >= 11 is 0. The first kappa shape index (κ1) is 9.09. The van der Waals surface area contributed by atoms with Crippen LogP contribution < -0.4 is 0 Å². The Labute approximate surface area is 71.4 Å². The molecule has 0 aromatic carbocycles. The molecule has 0 aromatic heterocycles. The fraction of sp³-hybridized carbons (Fsp3) is 0.909. The predicted molar refractivity (Wildman–Crippen MR) is 50.3 cm³/mol. The smallest absolute Gasteiger partial charge is 0.0386 e. The van der Waals surface area contributed by atoms with E-state index in [0.29, 0.717) is 0 Å². The Kier molecular flexibility index (Phi) is 3.96. The second kappa shape index (κ2) is 4.79. The predicted octanol–water partition coefficient (Wildman–Crippen LogP) is 3.82. The maximum Gasteiger partial charge on any atom is -0.0386 e. The molecule has 65 valence electrons. The van der Waals surface area contributed by atoms with Gasteiger partial charge in [-0.2, -0.15) is 0 Å². The van der Waals surface area contributed by atoms with Crippen LogP contribution in [0.2, 0.25) is 0 Å². The van der Waals surface area contributed by atoms with Crippen LogP contribution in [0.4, 0.5) is 0 Å². The van der Waals surface area contributed by atoms with Crippen molar-refractivity contribution in [2.24, 2.45) is 11.8 Å². The average molecular weight is 153 g/mol. The highest BCUT2D eigenvalue weighted by Gasteiger charge is 2.16. The van der Waals surface area contributed by atoms with Crippen LogP contribution in [0.25, 0.3) is 0 Å². The summed E-state index contributed by atoms with van der Waals surface area (Å²) in [4.78, 5) is 0. The van der Waals surface area contributed by atoms with Gasteiger partial charge in [0.1, 0.15) is 0 Å². The van der Waals surface area contributed by atoms with Crippen molar-refractivity contribution in [2.75, 3.05) is 0 Å². The largest absolute Gasteiger partial charge is 0.0651 e. The van der Waals surface area contributed by atoms with Crippen molar-refractivity contribution in [1.82, 2.24) is 0 Å². The maximum atomic E-state index is 4.22. The topological polar surface area (TPSA) is 0 Å². The minimum Gasteiger partial charge on any atom is -0.0651 e. The van der Waals surface area contributed by atoms with Gasteiger partial charge in [0.15, 0.2) is 0 Å². The molecule has 11 heavy (non-hydrogen) atoms. The molecular formula is C11H21. The van der Waals surface area contributed by atoms with Crippen LogP contribution in [0.15, 0.2) is 0 Å². The van der Waals surface area contributed by atoms with Crippen molar-refractivity contribution in [1.29, 1.82) is 0 Å².